The highest BCUT2D eigenvalue weighted by molar-refractivity contribution is 6.30. The van der Waals surface area contributed by atoms with E-state index in [1.807, 2.05) is 80.5 Å². The Morgan fingerprint density at radius 1 is 0.974 bits per heavy atom. The lowest BCUT2D eigenvalue weighted by Crippen LogP contribution is -2.35. The van der Waals surface area contributed by atoms with Crippen molar-refractivity contribution in [1.82, 2.24) is 9.80 Å². The lowest BCUT2D eigenvalue weighted by atomic mass is 9.97. The average molecular weight is 547 g/mol. The fourth-order valence-electron chi connectivity index (χ4n) is 4.89. The maximum absolute atomic E-state index is 13.9. The number of ether oxygens (including phenoxy) is 2. The van der Waals surface area contributed by atoms with Crippen molar-refractivity contribution in [3.05, 3.63) is 104 Å². The molecule has 0 aliphatic carbocycles. The van der Waals surface area contributed by atoms with Crippen LogP contribution in [-0.4, -0.2) is 50.0 Å². The molecule has 1 aliphatic rings. The van der Waals surface area contributed by atoms with Gasteiger partial charge in [0.05, 0.1) is 24.1 Å². The Hall–Kier alpha value is -3.81. The second kappa shape index (κ2) is 11.1. The Balaban J connectivity index is 1.57. The molecule has 1 atom stereocenters. The van der Waals surface area contributed by atoms with Crippen molar-refractivity contribution < 1.29 is 18.7 Å². The number of hydrogen-bond acceptors (Lipinski definition) is 6. The first kappa shape index (κ1) is 26.8. The Labute approximate surface area is 232 Å². The zero-order valence-electron chi connectivity index (χ0n) is 22.5. The summed E-state index contributed by atoms with van der Waals surface area (Å²) in [7, 11) is 5.46. The molecule has 3 aromatic carbocycles. The zero-order valence-corrected chi connectivity index (χ0v) is 23.2. The van der Waals surface area contributed by atoms with Crippen molar-refractivity contribution in [2.75, 3.05) is 34.3 Å². The van der Waals surface area contributed by atoms with Gasteiger partial charge in [-0.3, -0.25) is 9.59 Å². The number of benzene rings is 3. The van der Waals surface area contributed by atoms with E-state index in [4.69, 9.17) is 25.5 Å². The molecule has 0 saturated heterocycles. The van der Waals surface area contributed by atoms with Gasteiger partial charge in [-0.1, -0.05) is 42.8 Å². The van der Waals surface area contributed by atoms with E-state index in [0.717, 1.165) is 23.1 Å². The molecular weight excluding hydrogens is 516 g/mol. The van der Waals surface area contributed by atoms with E-state index in [-0.39, 0.29) is 17.1 Å². The summed E-state index contributed by atoms with van der Waals surface area (Å²) in [5.41, 5.74) is 3.33. The summed E-state index contributed by atoms with van der Waals surface area (Å²) in [5, 5.41) is 1.14. The number of halogens is 1. The molecule has 1 amide bonds. The van der Waals surface area contributed by atoms with Crippen LogP contribution in [0.1, 0.15) is 45.8 Å². The lowest BCUT2D eigenvalue weighted by molar-refractivity contribution is 0.0716. The fraction of sp³-hybridized carbons (Fsp3) is 0.290. The summed E-state index contributed by atoms with van der Waals surface area (Å²) in [5.74, 6) is 0.868. The number of methoxy groups -OCH3 is 1. The third-order valence-corrected chi connectivity index (χ3v) is 7.29. The van der Waals surface area contributed by atoms with Crippen molar-refractivity contribution in [3.8, 4) is 11.5 Å². The first-order valence-corrected chi connectivity index (χ1v) is 13.3. The lowest BCUT2D eigenvalue weighted by Gasteiger charge is -2.27. The molecule has 1 aliphatic heterocycles. The largest absolute Gasteiger partial charge is 0.493 e. The summed E-state index contributed by atoms with van der Waals surface area (Å²) < 4.78 is 17.8. The Kier molecular flexibility index (Phi) is 7.64. The molecule has 8 heteroatoms. The van der Waals surface area contributed by atoms with Gasteiger partial charge in [0.2, 0.25) is 5.76 Å². The summed E-state index contributed by atoms with van der Waals surface area (Å²) in [4.78, 5) is 31.2. The summed E-state index contributed by atoms with van der Waals surface area (Å²) in [6, 6.07) is 17.9. The van der Waals surface area contributed by atoms with E-state index in [1.54, 1.807) is 18.1 Å². The van der Waals surface area contributed by atoms with Crippen LogP contribution in [-0.2, 0) is 13.0 Å². The highest BCUT2D eigenvalue weighted by Crippen LogP contribution is 2.41. The third kappa shape index (κ3) is 5.24. The highest BCUT2D eigenvalue weighted by atomic mass is 35.5. The van der Waals surface area contributed by atoms with Gasteiger partial charge < -0.3 is 23.7 Å². The van der Waals surface area contributed by atoms with Gasteiger partial charge in [-0.25, -0.2) is 0 Å². The van der Waals surface area contributed by atoms with Gasteiger partial charge in [-0.15, -0.1) is 0 Å². The number of nitrogens with zero attached hydrogens (tertiary/aromatic N) is 2. The minimum Gasteiger partial charge on any atom is -0.493 e. The topological polar surface area (TPSA) is 72.2 Å². The van der Waals surface area contributed by atoms with Crippen molar-refractivity contribution >= 4 is 28.5 Å². The van der Waals surface area contributed by atoms with Crippen LogP contribution >= 0.6 is 11.6 Å². The number of amides is 1. The van der Waals surface area contributed by atoms with Crippen LogP contribution in [0.5, 0.6) is 11.5 Å². The first-order valence-electron chi connectivity index (χ1n) is 12.9. The van der Waals surface area contributed by atoms with E-state index < -0.39 is 6.04 Å². The number of rotatable bonds is 9. The maximum Gasteiger partial charge on any atom is 0.290 e. The van der Waals surface area contributed by atoms with Gasteiger partial charge in [0.25, 0.3) is 5.91 Å². The summed E-state index contributed by atoms with van der Waals surface area (Å²) in [6.07, 6.45) is 0.790. The molecule has 0 spiro atoms. The van der Waals surface area contributed by atoms with Crippen LogP contribution in [0.25, 0.3) is 11.0 Å². The molecule has 0 fully saturated rings. The van der Waals surface area contributed by atoms with Crippen LogP contribution in [0, 0.1) is 0 Å². The van der Waals surface area contributed by atoms with Gasteiger partial charge in [0.15, 0.2) is 16.9 Å². The van der Waals surface area contributed by atoms with Gasteiger partial charge in [0, 0.05) is 18.1 Å². The van der Waals surface area contributed by atoms with Crippen molar-refractivity contribution in [1.29, 1.82) is 0 Å². The van der Waals surface area contributed by atoms with Crippen LogP contribution in [0.4, 0.5) is 0 Å². The van der Waals surface area contributed by atoms with Gasteiger partial charge in [-0.2, -0.15) is 0 Å². The standard InChI is InChI=1S/C31H31ClN2O5/c1-5-19-8-12-24-23(16-19)29(35)27-28(34(15-14-33(2)3)31(36)30(27)39-24)21-9-13-25(26(17-21)37-4)38-18-20-6-10-22(32)11-7-20/h6-13,16-17,28H,5,14-15,18H2,1-4H3. The number of likely N-dealkylation sites (N-methyl/N-ethyl adjacent to an activating group) is 1. The maximum atomic E-state index is 13.9. The van der Waals surface area contributed by atoms with Crippen molar-refractivity contribution in [2.24, 2.45) is 0 Å². The Morgan fingerprint density at radius 3 is 2.41 bits per heavy atom. The summed E-state index contributed by atoms with van der Waals surface area (Å²) in [6.45, 7) is 3.42. The summed E-state index contributed by atoms with van der Waals surface area (Å²) >= 11 is 5.99. The molecule has 39 heavy (non-hydrogen) atoms. The SMILES string of the molecule is CCc1ccc2oc3c(c(=O)c2c1)C(c1ccc(OCc2ccc(Cl)cc2)c(OC)c1)N(CCN(C)C)C3=O. The Bertz CT molecular complexity index is 1580. The van der Waals surface area contributed by atoms with Crippen LogP contribution < -0.4 is 14.9 Å². The molecule has 1 aromatic heterocycles. The molecule has 2 heterocycles. The molecule has 202 valence electrons. The molecule has 0 saturated carbocycles. The van der Waals surface area contributed by atoms with Gasteiger partial charge >= 0.3 is 0 Å². The molecule has 1 unspecified atom stereocenters. The minimum atomic E-state index is -0.613. The molecule has 5 rings (SSSR count). The second-order valence-corrected chi connectivity index (χ2v) is 10.3. The van der Waals surface area contributed by atoms with Crippen LogP contribution in [0.3, 0.4) is 0 Å². The van der Waals surface area contributed by atoms with Gasteiger partial charge in [-0.05, 0) is 73.6 Å². The number of aryl methyl sites for hydroxylation is 1. The van der Waals surface area contributed by atoms with E-state index in [9.17, 15) is 9.59 Å². The third-order valence-electron chi connectivity index (χ3n) is 7.04. The monoisotopic (exact) mass is 546 g/mol. The van der Waals surface area contributed by atoms with Crippen molar-refractivity contribution in [3.63, 3.8) is 0 Å². The molecule has 0 bridgehead atoms. The second-order valence-electron chi connectivity index (χ2n) is 9.89. The Morgan fingerprint density at radius 2 is 1.72 bits per heavy atom. The predicted molar refractivity (Wildman–Crippen MR) is 152 cm³/mol. The quantitative estimate of drug-likeness (QED) is 0.268. The van der Waals surface area contributed by atoms with E-state index in [1.165, 1.54) is 0 Å². The molecular formula is C31H31ClN2O5. The minimum absolute atomic E-state index is 0.0996. The number of hydrogen-bond donors (Lipinski definition) is 0. The van der Waals surface area contributed by atoms with Crippen molar-refractivity contribution in [2.45, 2.75) is 26.0 Å². The smallest absolute Gasteiger partial charge is 0.290 e. The average Bonchev–Trinajstić information content (AvgIpc) is 3.22. The molecule has 0 radical (unpaired) electrons. The fourth-order valence-corrected chi connectivity index (χ4v) is 5.01. The predicted octanol–water partition coefficient (Wildman–Crippen LogP) is 5.70. The van der Waals surface area contributed by atoms with Crippen LogP contribution in [0.15, 0.2) is 69.9 Å². The molecule has 7 nitrogen and oxygen atoms in total. The van der Waals surface area contributed by atoms with E-state index >= 15 is 0 Å². The zero-order chi connectivity index (χ0) is 27.7. The normalized spacial score (nSPS) is 14.8. The highest BCUT2D eigenvalue weighted by Gasteiger charge is 2.42. The number of fused-ring (bicyclic) bond motifs is 2. The first-order chi connectivity index (χ1) is 18.8. The van der Waals surface area contributed by atoms with E-state index in [0.29, 0.717) is 52.8 Å². The van der Waals surface area contributed by atoms with Crippen LogP contribution in [0.2, 0.25) is 5.02 Å². The van der Waals surface area contributed by atoms with E-state index in [2.05, 4.69) is 0 Å². The molecule has 0 N–H and O–H groups in total. The number of carbonyl (C=O) groups excluding carboxylic acids is 1. The van der Waals surface area contributed by atoms with Gasteiger partial charge in [0.1, 0.15) is 12.2 Å². The number of carbonyl (C=O) groups is 1. The molecule has 4 aromatic rings.